The molecule has 0 saturated heterocycles. The van der Waals surface area contributed by atoms with Gasteiger partial charge in [-0.25, -0.2) is 8.42 Å². The molecule has 0 fully saturated rings. The molecule has 0 aliphatic carbocycles. The van der Waals surface area contributed by atoms with Gasteiger partial charge in [0.05, 0.1) is 22.8 Å². The highest BCUT2D eigenvalue weighted by molar-refractivity contribution is 9.10. The summed E-state index contributed by atoms with van der Waals surface area (Å²) in [6.07, 6.45) is 0.0672. The van der Waals surface area contributed by atoms with E-state index in [4.69, 9.17) is 9.47 Å². The number of carbonyl (C=O) groups excluding carboxylic acids is 1. The van der Waals surface area contributed by atoms with Crippen molar-refractivity contribution in [2.75, 3.05) is 24.3 Å². The molecule has 0 atom stereocenters. The van der Waals surface area contributed by atoms with E-state index in [1.807, 2.05) is 0 Å². The number of benzene rings is 2. The number of sulfone groups is 1. The Morgan fingerprint density at radius 2 is 1.81 bits per heavy atom. The summed E-state index contributed by atoms with van der Waals surface area (Å²) in [5.74, 6) is 0.872. The van der Waals surface area contributed by atoms with Crippen molar-refractivity contribution in [2.45, 2.75) is 18.2 Å². The number of halogens is 1. The van der Waals surface area contributed by atoms with Crippen LogP contribution in [0.3, 0.4) is 0 Å². The number of para-hydroxylation sites is 1. The molecule has 0 unspecified atom stereocenters. The van der Waals surface area contributed by atoms with E-state index >= 15 is 0 Å². The second-order valence-electron chi connectivity index (χ2n) is 5.71. The van der Waals surface area contributed by atoms with Gasteiger partial charge < -0.3 is 14.8 Å². The molecule has 26 heavy (non-hydrogen) atoms. The standard InChI is InChI=1S/C18H18BrNO5S/c1-2-26(22,23)17-6-4-3-5-14(17)20-18(21)10-12-9-15-16(11-13(12)19)25-8-7-24-15/h3-6,9,11H,2,7-8,10H2,1H3,(H,20,21). The minimum absolute atomic E-state index is 0.0341. The van der Waals surface area contributed by atoms with Crippen LogP contribution in [0, 0.1) is 0 Å². The Hall–Kier alpha value is -2.06. The zero-order valence-corrected chi connectivity index (χ0v) is 16.5. The van der Waals surface area contributed by atoms with Crippen molar-refractivity contribution in [3.8, 4) is 11.5 Å². The molecular formula is C18H18BrNO5S. The summed E-state index contributed by atoms with van der Waals surface area (Å²) in [5, 5.41) is 2.70. The number of hydrogen-bond donors (Lipinski definition) is 1. The van der Waals surface area contributed by atoms with Crippen LogP contribution in [0.5, 0.6) is 11.5 Å². The Kier molecular flexibility index (Phi) is 5.52. The SMILES string of the molecule is CCS(=O)(=O)c1ccccc1NC(=O)Cc1cc2c(cc1Br)OCCO2. The molecule has 0 aromatic heterocycles. The highest BCUT2D eigenvalue weighted by Gasteiger charge is 2.19. The molecule has 0 spiro atoms. The zero-order chi connectivity index (χ0) is 18.7. The quantitative estimate of drug-likeness (QED) is 0.773. The lowest BCUT2D eigenvalue weighted by Crippen LogP contribution is -2.18. The lowest BCUT2D eigenvalue weighted by Gasteiger charge is -2.20. The molecule has 1 amide bonds. The van der Waals surface area contributed by atoms with Gasteiger partial charge in [-0.1, -0.05) is 35.0 Å². The van der Waals surface area contributed by atoms with E-state index in [2.05, 4.69) is 21.2 Å². The minimum atomic E-state index is -3.43. The second-order valence-corrected chi connectivity index (χ2v) is 8.81. The van der Waals surface area contributed by atoms with Crippen LogP contribution in [0.2, 0.25) is 0 Å². The molecule has 1 aliphatic rings. The second kappa shape index (κ2) is 7.67. The maximum Gasteiger partial charge on any atom is 0.228 e. The average Bonchev–Trinajstić information content (AvgIpc) is 2.62. The first kappa shape index (κ1) is 18.7. The van der Waals surface area contributed by atoms with Crippen LogP contribution in [-0.2, 0) is 21.1 Å². The Morgan fingerprint density at radius 1 is 1.15 bits per heavy atom. The molecule has 1 N–H and O–H groups in total. The Balaban J connectivity index is 1.81. The predicted octanol–water partition coefficient (Wildman–Crippen LogP) is 3.20. The lowest BCUT2D eigenvalue weighted by molar-refractivity contribution is -0.115. The molecule has 138 valence electrons. The molecule has 0 saturated carbocycles. The summed E-state index contributed by atoms with van der Waals surface area (Å²) >= 11 is 3.44. The highest BCUT2D eigenvalue weighted by Crippen LogP contribution is 2.35. The average molecular weight is 440 g/mol. The summed E-state index contributed by atoms with van der Waals surface area (Å²) in [6, 6.07) is 9.92. The molecule has 1 aliphatic heterocycles. The van der Waals surface area contributed by atoms with Gasteiger partial charge in [-0.3, -0.25) is 4.79 Å². The third-order valence-electron chi connectivity index (χ3n) is 3.94. The number of nitrogens with one attached hydrogen (secondary N) is 1. The third kappa shape index (κ3) is 4.02. The topological polar surface area (TPSA) is 81.7 Å². The van der Waals surface area contributed by atoms with Gasteiger partial charge in [-0.05, 0) is 29.8 Å². The van der Waals surface area contributed by atoms with Crippen LogP contribution in [0.4, 0.5) is 5.69 Å². The van der Waals surface area contributed by atoms with Crippen LogP contribution in [0.15, 0.2) is 45.8 Å². The van der Waals surface area contributed by atoms with Crippen LogP contribution >= 0.6 is 15.9 Å². The van der Waals surface area contributed by atoms with Crippen molar-refractivity contribution in [3.05, 3.63) is 46.4 Å². The van der Waals surface area contributed by atoms with E-state index in [9.17, 15) is 13.2 Å². The van der Waals surface area contributed by atoms with Gasteiger partial charge in [0.2, 0.25) is 5.91 Å². The smallest absolute Gasteiger partial charge is 0.228 e. The van der Waals surface area contributed by atoms with E-state index in [-0.39, 0.29) is 28.7 Å². The predicted molar refractivity (Wildman–Crippen MR) is 102 cm³/mol. The molecular weight excluding hydrogens is 422 g/mol. The van der Waals surface area contributed by atoms with Gasteiger partial charge in [-0.2, -0.15) is 0 Å². The molecule has 1 heterocycles. The fourth-order valence-corrected chi connectivity index (χ4v) is 4.12. The number of anilines is 1. The first-order chi connectivity index (χ1) is 12.4. The fourth-order valence-electron chi connectivity index (χ4n) is 2.61. The van der Waals surface area contributed by atoms with Crippen molar-refractivity contribution < 1.29 is 22.7 Å². The molecule has 0 radical (unpaired) electrons. The van der Waals surface area contributed by atoms with E-state index in [0.717, 1.165) is 10.0 Å². The monoisotopic (exact) mass is 439 g/mol. The minimum Gasteiger partial charge on any atom is -0.486 e. The van der Waals surface area contributed by atoms with Crippen LogP contribution in [-0.4, -0.2) is 33.3 Å². The van der Waals surface area contributed by atoms with Crippen molar-refractivity contribution in [2.24, 2.45) is 0 Å². The normalized spacial score (nSPS) is 13.3. The first-order valence-electron chi connectivity index (χ1n) is 8.10. The highest BCUT2D eigenvalue weighted by atomic mass is 79.9. The number of hydrogen-bond acceptors (Lipinski definition) is 5. The Bertz CT molecular complexity index is 943. The van der Waals surface area contributed by atoms with Gasteiger partial charge in [0.25, 0.3) is 0 Å². The summed E-state index contributed by atoms with van der Waals surface area (Å²) < 4.78 is 36.1. The van der Waals surface area contributed by atoms with Crippen molar-refractivity contribution >= 4 is 37.4 Å². The maximum absolute atomic E-state index is 12.5. The number of amides is 1. The van der Waals surface area contributed by atoms with Crippen molar-refractivity contribution in [1.29, 1.82) is 0 Å². The van der Waals surface area contributed by atoms with E-state index < -0.39 is 9.84 Å². The Morgan fingerprint density at radius 3 is 2.50 bits per heavy atom. The molecule has 3 rings (SSSR count). The first-order valence-corrected chi connectivity index (χ1v) is 10.5. The molecule has 2 aromatic rings. The fraction of sp³-hybridized carbons (Fsp3) is 0.278. The molecule has 0 bridgehead atoms. The van der Waals surface area contributed by atoms with Crippen LogP contribution in [0.25, 0.3) is 0 Å². The number of ether oxygens (including phenoxy) is 2. The van der Waals surface area contributed by atoms with Crippen LogP contribution < -0.4 is 14.8 Å². The summed E-state index contributed by atoms with van der Waals surface area (Å²) in [7, 11) is -3.43. The van der Waals surface area contributed by atoms with Gasteiger partial charge in [0.15, 0.2) is 21.3 Å². The number of carbonyl (C=O) groups is 1. The summed E-state index contributed by atoms with van der Waals surface area (Å²) in [5.41, 5.74) is 1.01. The number of fused-ring (bicyclic) bond motifs is 1. The van der Waals surface area contributed by atoms with E-state index in [1.54, 1.807) is 37.3 Å². The summed E-state index contributed by atoms with van der Waals surface area (Å²) in [4.78, 5) is 12.6. The molecule has 8 heteroatoms. The third-order valence-corrected chi connectivity index (χ3v) is 6.46. The van der Waals surface area contributed by atoms with E-state index in [0.29, 0.717) is 24.7 Å². The van der Waals surface area contributed by atoms with E-state index in [1.165, 1.54) is 6.07 Å². The van der Waals surface area contributed by atoms with Gasteiger partial charge >= 0.3 is 0 Å². The summed E-state index contributed by atoms with van der Waals surface area (Å²) in [6.45, 7) is 2.52. The van der Waals surface area contributed by atoms with Gasteiger partial charge in [0, 0.05) is 4.47 Å². The number of rotatable bonds is 5. The Labute approximate surface area is 160 Å². The van der Waals surface area contributed by atoms with Gasteiger partial charge in [-0.15, -0.1) is 0 Å². The van der Waals surface area contributed by atoms with Crippen LogP contribution in [0.1, 0.15) is 12.5 Å². The maximum atomic E-state index is 12.5. The van der Waals surface area contributed by atoms with Gasteiger partial charge in [0.1, 0.15) is 13.2 Å². The molecule has 6 nitrogen and oxygen atoms in total. The van der Waals surface area contributed by atoms with Crippen molar-refractivity contribution in [3.63, 3.8) is 0 Å². The largest absolute Gasteiger partial charge is 0.486 e. The lowest BCUT2D eigenvalue weighted by atomic mass is 10.1. The van der Waals surface area contributed by atoms with Crippen molar-refractivity contribution in [1.82, 2.24) is 0 Å². The zero-order valence-electron chi connectivity index (χ0n) is 14.1. The molecule has 2 aromatic carbocycles.